The fourth-order valence-corrected chi connectivity index (χ4v) is 2.42. The van der Waals surface area contributed by atoms with Gasteiger partial charge in [0.15, 0.2) is 0 Å². The number of para-hydroxylation sites is 1. The molecule has 0 atom stereocenters. The largest absolute Gasteiger partial charge is 0.323 e. The fraction of sp³-hybridized carbons (Fsp3) is 0. The van der Waals surface area contributed by atoms with E-state index in [0.717, 1.165) is 11.3 Å². The van der Waals surface area contributed by atoms with E-state index in [1.165, 1.54) is 6.07 Å². The quantitative estimate of drug-likeness (QED) is 0.540. The lowest BCUT2D eigenvalue weighted by Crippen LogP contribution is -2.17. The van der Waals surface area contributed by atoms with Crippen molar-refractivity contribution < 1.29 is 4.79 Å². The summed E-state index contributed by atoms with van der Waals surface area (Å²) in [5.74, 6) is -0.354. The Morgan fingerprint density at radius 1 is 1.04 bits per heavy atom. The average Bonchev–Trinajstić information content (AvgIpc) is 3.07. The van der Waals surface area contributed by atoms with E-state index in [9.17, 15) is 4.79 Å². The van der Waals surface area contributed by atoms with Gasteiger partial charge in [-0.15, -0.1) is 0 Å². The second-order valence-electron chi connectivity index (χ2n) is 5.02. The number of nitrogens with one attached hydrogen (secondary N) is 1. The number of halogens is 2. The van der Waals surface area contributed by atoms with Crippen LogP contribution in [-0.2, 0) is 0 Å². The lowest BCUT2D eigenvalue weighted by molar-refractivity contribution is 0.0955. The molecule has 3 aromatic rings. The highest BCUT2D eigenvalue weighted by Gasteiger charge is 2.06. The molecule has 0 saturated heterocycles. The minimum absolute atomic E-state index is 0.327. The van der Waals surface area contributed by atoms with Gasteiger partial charge in [-0.3, -0.25) is 4.79 Å². The molecule has 0 aliphatic rings. The normalized spacial score (nSPS) is 10.9. The van der Waals surface area contributed by atoms with Crippen LogP contribution in [0, 0.1) is 0 Å². The van der Waals surface area contributed by atoms with Crippen LogP contribution >= 0.6 is 23.2 Å². The summed E-state index contributed by atoms with van der Waals surface area (Å²) >= 11 is 11.7. The van der Waals surface area contributed by atoms with Gasteiger partial charge < -0.3 is 4.57 Å². The zero-order valence-corrected chi connectivity index (χ0v) is 14.0. The fourth-order valence-electron chi connectivity index (χ4n) is 2.12. The monoisotopic (exact) mass is 357 g/mol. The molecule has 0 saturated carbocycles. The first-order valence-electron chi connectivity index (χ1n) is 7.15. The van der Waals surface area contributed by atoms with Gasteiger partial charge in [0.2, 0.25) is 0 Å². The molecular formula is C18H13Cl2N3O. The van der Waals surface area contributed by atoms with Crippen molar-refractivity contribution >= 4 is 35.3 Å². The van der Waals surface area contributed by atoms with Gasteiger partial charge >= 0.3 is 0 Å². The van der Waals surface area contributed by atoms with Crippen molar-refractivity contribution in [2.45, 2.75) is 0 Å². The van der Waals surface area contributed by atoms with Crippen LogP contribution in [0.1, 0.15) is 15.9 Å². The van der Waals surface area contributed by atoms with Crippen LogP contribution < -0.4 is 5.43 Å². The number of nitrogens with zero attached hydrogens (tertiary/aromatic N) is 2. The summed E-state index contributed by atoms with van der Waals surface area (Å²) in [5, 5.41) is 4.69. The van der Waals surface area contributed by atoms with Gasteiger partial charge in [-0.2, -0.15) is 5.10 Å². The number of carbonyl (C=O) groups is 1. The first-order chi connectivity index (χ1) is 11.6. The molecule has 3 rings (SSSR count). The molecule has 0 bridgehead atoms. The molecule has 0 aliphatic heterocycles. The molecule has 1 heterocycles. The maximum absolute atomic E-state index is 12.0. The predicted octanol–water partition coefficient (Wildman–Crippen LogP) is 4.55. The van der Waals surface area contributed by atoms with Gasteiger partial charge in [-0.25, -0.2) is 5.43 Å². The lowest BCUT2D eigenvalue weighted by Gasteiger charge is -2.01. The van der Waals surface area contributed by atoms with Crippen molar-refractivity contribution in [2.24, 2.45) is 5.10 Å². The van der Waals surface area contributed by atoms with E-state index in [4.69, 9.17) is 23.2 Å². The van der Waals surface area contributed by atoms with E-state index in [0.29, 0.717) is 15.6 Å². The van der Waals surface area contributed by atoms with Gasteiger partial charge in [-0.05, 0) is 36.4 Å². The molecule has 0 fully saturated rings. The minimum atomic E-state index is -0.354. The summed E-state index contributed by atoms with van der Waals surface area (Å²) in [6, 6.07) is 16.5. The van der Waals surface area contributed by atoms with E-state index in [1.807, 2.05) is 53.4 Å². The molecule has 1 amide bonds. The number of carbonyl (C=O) groups excluding carboxylic acids is 1. The van der Waals surface area contributed by atoms with Crippen LogP contribution in [0.3, 0.4) is 0 Å². The zero-order valence-electron chi connectivity index (χ0n) is 12.5. The third kappa shape index (κ3) is 3.85. The SMILES string of the molecule is O=C(N/N=C\c1ccn(-c2ccccc2)c1)c1ccc(Cl)c(Cl)c1. The smallest absolute Gasteiger partial charge is 0.271 e. The molecule has 0 spiro atoms. The van der Waals surface area contributed by atoms with Crippen LogP contribution in [0.2, 0.25) is 10.0 Å². The predicted molar refractivity (Wildman–Crippen MR) is 97.3 cm³/mol. The first kappa shape index (κ1) is 16.3. The van der Waals surface area contributed by atoms with Crippen LogP contribution in [0.15, 0.2) is 72.1 Å². The second kappa shape index (κ2) is 7.34. The van der Waals surface area contributed by atoms with Crippen LogP contribution in [0.25, 0.3) is 5.69 Å². The van der Waals surface area contributed by atoms with Crippen molar-refractivity contribution in [1.82, 2.24) is 9.99 Å². The number of benzene rings is 2. The molecule has 0 unspecified atom stereocenters. The van der Waals surface area contributed by atoms with Gasteiger partial charge in [0.25, 0.3) is 5.91 Å². The van der Waals surface area contributed by atoms with Crippen LogP contribution in [0.5, 0.6) is 0 Å². The second-order valence-corrected chi connectivity index (χ2v) is 5.83. The van der Waals surface area contributed by atoms with Crippen molar-refractivity contribution in [1.29, 1.82) is 0 Å². The standard InChI is InChI=1S/C18H13Cl2N3O/c19-16-7-6-14(10-17(16)20)18(24)22-21-11-13-8-9-23(12-13)15-4-2-1-3-5-15/h1-12H,(H,22,24)/b21-11-. The third-order valence-electron chi connectivity index (χ3n) is 3.33. The summed E-state index contributed by atoms with van der Waals surface area (Å²) in [6.45, 7) is 0. The summed E-state index contributed by atoms with van der Waals surface area (Å²) in [4.78, 5) is 12.0. The Labute approximate surface area is 149 Å². The first-order valence-corrected chi connectivity index (χ1v) is 7.91. The molecule has 0 aliphatic carbocycles. The van der Waals surface area contributed by atoms with Crippen molar-refractivity contribution in [3.8, 4) is 5.69 Å². The van der Waals surface area contributed by atoms with E-state index in [-0.39, 0.29) is 5.91 Å². The number of aromatic nitrogens is 1. The average molecular weight is 358 g/mol. The highest BCUT2D eigenvalue weighted by molar-refractivity contribution is 6.42. The Balaban J connectivity index is 1.65. The van der Waals surface area contributed by atoms with E-state index < -0.39 is 0 Å². The number of hydrogen-bond acceptors (Lipinski definition) is 2. The van der Waals surface area contributed by atoms with Gasteiger partial charge in [-0.1, -0.05) is 41.4 Å². The summed E-state index contributed by atoms with van der Waals surface area (Å²) < 4.78 is 1.97. The van der Waals surface area contributed by atoms with Gasteiger partial charge in [0.05, 0.1) is 16.3 Å². The summed E-state index contributed by atoms with van der Waals surface area (Å²) in [5.41, 5.74) is 4.78. The lowest BCUT2D eigenvalue weighted by atomic mass is 10.2. The van der Waals surface area contributed by atoms with Crippen LogP contribution in [-0.4, -0.2) is 16.7 Å². The number of hydrogen-bond donors (Lipinski definition) is 1. The number of amides is 1. The molecule has 1 aromatic heterocycles. The molecular weight excluding hydrogens is 345 g/mol. The van der Waals surface area contributed by atoms with Crippen molar-refractivity contribution in [3.05, 3.63) is 88.2 Å². The van der Waals surface area contributed by atoms with Crippen molar-refractivity contribution in [2.75, 3.05) is 0 Å². The molecule has 24 heavy (non-hydrogen) atoms. The highest BCUT2D eigenvalue weighted by Crippen LogP contribution is 2.22. The Morgan fingerprint density at radius 3 is 2.58 bits per heavy atom. The Morgan fingerprint density at radius 2 is 1.83 bits per heavy atom. The third-order valence-corrected chi connectivity index (χ3v) is 4.07. The van der Waals surface area contributed by atoms with E-state index in [1.54, 1.807) is 18.3 Å². The summed E-state index contributed by atoms with van der Waals surface area (Å²) in [6.07, 6.45) is 5.43. The maximum atomic E-state index is 12.0. The molecule has 2 aromatic carbocycles. The molecule has 4 nitrogen and oxygen atoms in total. The van der Waals surface area contributed by atoms with Gasteiger partial charge in [0, 0.05) is 29.2 Å². The highest BCUT2D eigenvalue weighted by atomic mass is 35.5. The van der Waals surface area contributed by atoms with Crippen LogP contribution in [0.4, 0.5) is 0 Å². The maximum Gasteiger partial charge on any atom is 0.271 e. The minimum Gasteiger partial charge on any atom is -0.323 e. The topological polar surface area (TPSA) is 46.4 Å². The number of hydrazone groups is 1. The molecule has 0 radical (unpaired) electrons. The molecule has 1 N–H and O–H groups in total. The van der Waals surface area contributed by atoms with E-state index in [2.05, 4.69) is 10.5 Å². The van der Waals surface area contributed by atoms with E-state index >= 15 is 0 Å². The van der Waals surface area contributed by atoms with Gasteiger partial charge in [0.1, 0.15) is 0 Å². The van der Waals surface area contributed by atoms with Crippen molar-refractivity contribution in [3.63, 3.8) is 0 Å². The Bertz CT molecular complexity index is 888. The Kier molecular flexibility index (Phi) is 4.99. The molecule has 6 heteroatoms. The Hall–Kier alpha value is -2.56. The zero-order chi connectivity index (χ0) is 16.9. The summed E-state index contributed by atoms with van der Waals surface area (Å²) in [7, 11) is 0. The molecule has 120 valence electrons. The number of rotatable bonds is 4.